The van der Waals surface area contributed by atoms with Crippen molar-refractivity contribution in [1.82, 2.24) is 0 Å². The predicted molar refractivity (Wildman–Crippen MR) is 66.3 cm³/mol. The van der Waals surface area contributed by atoms with Crippen LogP contribution >= 0.6 is 0 Å². The molecule has 1 unspecified atom stereocenters. The first-order chi connectivity index (χ1) is 7.29. The molecule has 18 heavy (non-hydrogen) atoms. The molecule has 2 aliphatic rings. The summed E-state index contributed by atoms with van der Waals surface area (Å²) < 4.78 is 13.8. The fourth-order valence-corrected chi connectivity index (χ4v) is 9.95. The summed E-state index contributed by atoms with van der Waals surface area (Å²) in [5.74, 6) is 1.27. The molecule has 1 atom stereocenters. The summed E-state index contributed by atoms with van der Waals surface area (Å²) in [6.45, 7) is 12.0. The van der Waals surface area contributed by atoms with Crippen LogP contribution in [0.2, 0.25) is 26.2 Å². The zero-order chi connectivity index (χ0) is 12.1. The van der Waals surface area contributed by atoms with E-state index in [0.717, 1.165) is 13.0 Å². The molecule has 0 amide bonds. The molecule has 7 heteroatoms. The number of hydrogen-bond acceptors (Lipinski definition) is 2. The molecule has 1 heterocycles. The first-order valence-electron chi connectivity index (χ1n) is 5.82. The Morgan fingerprint density at radius 3 is 2.22 bits per heavy atom. The summed E-state index contributed by atoms with van der Waals surface area (Å²) in [6, 6.07) is 0. The Bertz CT molecular complexity index is 404. The minimum Gasteiger partial charge on any atom is -1.00 e. The first kappa shape index (κ1) is 19.1. The van der Waals surface area contributed by atoms with Crippen LogP contribution in [-0.2, 0) is 33.6 Å². The monoisotopic (exact) mass is 399 g/mol. The number of fused-ring (bicyclic) bond motifs is 1. The van der Waals surface area contributed by atoms with Crippen molar-refractivity contribution in [2.24, 2.45) is 0 Å². The van der Waals surface area contributed by atoms with Gasteiger partial charge in [-0.15, -0.1) is 0 Å². The Morgan fingerprint density at radius 2 is 1.78 bits per heavy atom. The van der Waals surface area contributed by atoms with Gasteiger partial charge >= 0.3 is 116 Å². The fraction of sp³-hybridized carbons (Fsp3) is 0.636. The Morgan fingerprint density at radius 1 is 1.22 bits per heavy atom. The van der Waals surface area contributed by atoms with Crippen LogP contribution in [0, 0.1) is 0 Å². The Balaban J connectivity index is 0.00000144. The summed E-state index contributed by atoms with van der Waals surface area (Å²) in [5.41, 5.74) is 0. The third kappa shape index (κ3) is 3.42. The van der Waals surface area contributed by atoms with Crippen LogP contribution in [0.15, 0.2) is 19.4 Å². The van der Waals surface area contributed by atoms with Gasteiger partial charge in [0.2, 0.25) is 0 Å². The van der Waals surface area contributed by atoms with E-state index < -0.39 is 16.6 Å². The van der Waals surface area contributed by atoms with Gasteiger partial charge in [0.25, 0.3) is 0 Å². The smallest absolute Gasteiger partial charge is 1.00 e. The molecule has 0 spiro atoms. The van der Waals surface area contributed by atoms with E-state index in [1.165, 1.54) is 35.7 Å². The molecule has 0 radical (unpaired) electrons. The van der Waals surface area contributed by atoms with Crippen molar-refractivity contribution in [2.75, 3.05) is 6.61 Å². The molecule has 0 aromatic heterocycles. The van der Waals surface area contributed by atoms with Crippen molar-refractivity contribution in [3.63, 3.8) is 0 Å². The second kappa shape index (κ2) is 6.27. The van der Waals surface area contributed by atoms with Crippen molar-refractivity contribution in [2.45, 2.75) is 39.5 Å². The molecule has 0 aromatic rings. The van der Waals surface area contributed by atoms with E-state index in [-0.39, 0.29) is 24.8 Å². The Hall–Kier alpha value is 1.14. The van der Waals surface area contributed by atoms with E-state index >= 15 is 0 Å². The van der Waals surface area contributed by atoms with Crippen LogP contribution in [-0.4, -0.2) is 23.2 Å². The predicted octanol–water partition coefficient (Wildman–Crippen LogP) is -2.99. The topological polar surface area (TPSA) is 18.5 Å². The molecular formula is C11H19Cl2O2Si2Zr. The van der Waals surface area contributed by atoms with Gasteiger partial charge in [0.05, 0.1) is 0 Å². The molecule has 2 rings (SSSR count). The maximum absolute atomic E-state index is 6.21. The van der Waals surface area contributed by atoms with E-state index in [1.807, 2.05) is 0 Å². The van der Waals surface area contributed by atoms with Gasteiger partial charge in [-0.3, -0.25) is 0 Å². The number of rotatable bonds is 4. The first-order valence-corrected chi connectivity index (χ1v) is 12.9. The average molecular weight is 402 g/mol. The zero-order valence-electron chi connectivity index (χ0n) is 11.5. The van der Waals surface area contributed by atoms with E-state index in [9.17, 15) is 0 Å². The van der Waals surface area contributed by atoms with Crippen molar-refractivity contribution in [1.29, 1.82) is 0 Å². The molecule has 0 bridgehead atoms. The fourth-order valence-electron chi connectivity index (χ4n) is 2.43. The standard InChI is InChI=1S/C11H19O2Si2.2ClH.Zr/c1-6-12-15(5)10-8-7-9(11(10)15)13-14(2,3)4;;;/h6-7H2,1-5H3;2*1H;/q;;;+2/p-2. The maximum Gasteiger partial charge on any atom is -1.00 e. The summed E-state index contributed by atoms with van der Waals surface area (Å²) in [6.07, 6.45) is 1.07. The largest absolute Gasteiger partial charge is 1.00 e. The summed E-state index contributed by atoms with van der Waals surface area (Å²) >= 11 is 1.54. The van der Waals surface area contributed by atoms with Gasteiger partial charge < -0.3 is 24.8 Å². The van der Waals surface area contributed by atoms with Gasteiger partial charge in [0.1, 0.15) is 0 Å². The molecule has 0 aromatic carbocycles. The van der Waals surface area contributed by atoms with Crippen LogP contribution in [0.25, 0.3) is 0 Å². The molecule has 1 saturated heterocycles. The second-order valence-electron chi connectivity index (χ2n) is 5.51. The van der Waals surface area contributed by atoms with E-state index in [4.69, 9.17) is 8.85 Å². The third-order valence-corrected chi connectivity index (χ3v) is 9.05. The number of hydrogen-bond donors (Lipinski definition) is 0. The van der Waals surface area contributed by atoms with Gasteiger partial charge in [-0.05, 0) is 0 Å². The van der Waals surface area contributed by atoms with Crippen LogP contribution < -0.4 is 24.8 Å². The normalized spacial score (nSPS) is 25.5. The van der Waals surface area contributed by atoms with E-state index in [1.54, 1.807) is 8.48 Å². The van der Waals surface area contributed by atoms with Crippen molar-refractivity contribution < 1.29 is 58.4 Å². The summed E-state index contributed by atoms with van der Waals surface area (Å²) in [4.78, 5) is 0. The van der Waals surface area contributed by atoms with Crippen molar-refractivity contribution >= 4 is 16.6 Å². The summed E-state index contributed by atoms with van der Waals surface area (Å²) in [5, 5.41) is 3.09. The molecular weight excluding hydrogens is 382 g/mol. The molecule has 1 aliphatic carbocycles. The van der Waals surface area contributed by atoms with Crippen molar-refractivity contribution in [3.05, 3.63) is 19.4 Å². The third-order valence-electron chi connectivity index (χ3n) is 2.92. The van der Waals surface area contributed by atoms with Gasteiger partial charge in [0, 0.05) is 0 Å². The van der Waals surface area contributed by atoms with Crippen LogP contribution in [0.3, 0.4) is 0 Å². The SMILES string of the molecule is CCO[Si]1(C)C2=[C]([Zr+2])CC(O[Si](C)(C)C)=C21.[Cl-].[Cl-]. The minimum atomic E-state index is -1.60. The van der Waals surface area contributed by atoms with Gasteiger partial charge in [-0.1, -0.05) is 0 Å². The summed E-state index contributed by atoms with van der Waals surface area (Å²) in [7, 11) is -3.06. The Kier molecular flexibility index (Phi) is 6.67. The molecule has 2 nitrogen and oxygen atoms in total. The van der Waals surface area contributed by atoms with E-state index in [2.05, 4.69) is 33.1 Å². The quantitative estimate of drug-likeness (QED) is 0.468. The molecule has 1 fully saturated rings. The van der Waals surface area contributed by atoms with Gasteiger partial charge in [0.15, 0.2) is 0 Å². The number of allylic oxidation sites excluding steroid dienone is 3. The van der Waals surface area contributed by atoms with Crippen LogP contribution in [0.4, 0.5) is 0 Å². The maximum atomic E-state index is 6.21. The van der Waals surface area contributed by atoms with Crippen LogP contribution in [0.1, 0.15) is 13.3 Å². The molecule has 101 valence electrons. The van der Waals surface area contributed by atoms with Crippen LogP contribution in [0.5, 0.6) is 0 Å². The average Bonchev–Trinajstić information content (AvgIpc) is 2.53. The molecule has 1 aliphatic heterocycles. The molecule has 0 N–H and O–H groups in total. The van der Waals surface area contributed by atoms with Gasteiger partial charge in [-0.2, -0.15) is 0 Å². The number of halogens is 2. The molecule has 0 saturated carbocycles. The van der Waals surface area contributed by atoms with Crippen molar-refractivity contribution in [3.8, 4) is 0 Å². The zero-order valence-corrected chi connectivity index (χ0v) is 17.5. The second-order valence-corrected chi connectivity index (χ2v) is 14.8. The van der Waals surface area contributed by atoms with E-state index in [0.29, 0.717) is 0 Å². The minimum absolute atomic E-state index is 0. The Labute approximate surface area is 140 Å². The van der Waals surface area contributed by atoms with Gasteiger partial charge in [-0.25, -0.2) is 0 Å².